The maximum atomic E-state index is 9.17. The molecule has 20 heavy (non-hydrogen) atoms. The third kappa shape index (κ3) is 3.21. The molecule has 0 bridgehead atoms. The van der Waals surface area contributed by atoms with Crippen LogP contribution >= 0.6 is 0 Å². The molecule has 1 aliphatic rings. The van der Waals surface area contributed by atoms with E-state index in [9.17, 15) is 0 Å². The Morgan fingerprint density at radius 3 is 2.30 bits per heavy atom. The van der Waals surface area contributed by atoms with Gasteiger partial charge in [0, 0.05) is 12.0 Å². The smallest absolute Gasteiger partial charge is 0.0431 e. The molecule has 1 atom stereocenters. The summed E-state index contributed by atoms with van der Waals surface area (Å²) in [4.78, 5) is 0. The minimum atomic E-state index is 0.0634. The SMILES string of the molecule is CC(C)(C)c1ccc(C2(CCCO)C=CC=CC2)cc1. The van der Waals surface area contributed by atoms with Crippen LogP contribution < -0.4 is 0 Å². The number of hydrogen-bond donors (Lipinski definition) is 1. The molecule has 0 heterocycles. The van der Waals surface area contributed by atoms with Crippen LogP contribution in [0.4, 0.5) is 0 Å². The fourth-order valence-electron chi connectivity index (χ4n) is 2.91. The minimum absolute atomic E-state index is 0.0634. The van der Waals surface area contributed by atoms with Crippen molar-refractivity contribution in [1.29, 1.82) is 0 Å². The van der Waals surface area contributed by atoms with Gasteiger partial charge in [0.2, 0.25) is 0 Å². The van der Waals surface area contributed by atoms with Crippen LogP contribution in [0.5, 0.6) is 0 Å². The summed E-state index contributed by atoms with van der Waals surface area (Å²) in [5.74, 6) is 0. The topological polar surface area (TPSA) is 20.2 Å². The zero-order valence-electron chi connectivity index (χ0n) is 12.9. The van der Waals surface area contributed by atoms with Gasteiger partial charge in [-0.05, 0) is 35.8 Å². The summed E-state index contributed by atoms with van der Waals surface area (Å²) in [6, 6.07) is 9.04. The lowest BCUT2D eigenvalue weighted by Gasteiger charge is -2.32. The molecule has 1 aromatic rings. The van der Waals surface area contributed by atoms with E-state index in [0.29, 0.717) is 0 Å². The number of aliphatic hydroxyl groups excluding tert-OH is 1. The van der Waals surface area contributed by atoms with E-state index in [1.807, 2.05) is 0 Å². The molecule has 0 amide bonds. The van der Waals surface area contributed by atoms with E-state index in [1.54, 1.807) is 0 Å². The van der Waals surface area contributed by atoms with E-state index in [0.717, 1.165) is 19.3 Å². The van der Waals surface area contributed by atoms with Crippen molar-refractivity contribution in [3.8, 4) is 0 Å². The van der Waals surface area contributed by atoms with E-state index in [-0.39, 0.29) is 17.4 Å². The van der Waals surface area contributed by atoms with Gasteiger partial charge in [-0.2, -0.15) is 0 Å². The van der Waals surface area contributed by atoms with Gasteiger partial charge in [-0.1, -0.05) is 69.3 Å². The predicted molar refractivity (Wildman–Crippen MR) is 86.0 cm³/mol. The highest BCUT2D eigenvalue weighted by Crippen LogP contribution is 2.38. The molecular formula is C19H26O. The van der Waals surface area contributed by atoms with Gasteiger partial charge in [0.25, 0.3) is 0 Å². The number of benzene rings is 1. The minimum Gasteiger partial charge on any atom is -0.396 e. The number of allylic oxidation sites excluding steroid dienone is 4. The quantitative estimate of drug-likeness (QED) is 0.853. The molecule has 0 aromatic heterocycles. The summed E-state index contributed by atoms with van der Waals surface area (Å²) in [5.41, 5.74) is 2.99. The van der Waals surface area contributed by atoms with E-state index in [4.69, 9.17) is 5.11 Å². The summed E-state index contributed by atoms with van der Waals surface area (Å²) < 4.78 is 0. The van der Waals surface area contributed by atoms with Crippen LogP contribution in [0.25, 0.3) is 0 Å². The Hall–Kier alpha value is -1.34. The van der Waals surface area contributed by atoms with Crippen LogP contribution in [-0.2, 0) is 10.8 Å². The largest absolute Gasteiger partial charge is 0.396 e. The third-order valence-electron chi connectivity index (χ3n) is 4.25. The van der Waals surface area contributed by atoms with Crippen molar-refractivity contribution in [1.82, 2.24) is 0 Å². The molecule has 1 N–H and O–H groups in total. The first kappa shape index (κ1) is 15.1. The van der Waals surface area contributed by atoms with Crippen molar-refractivity contribution in [2.24, 2.45) is 0 Å². The maximum absolute atomic E-state index is 9.17. The summed E-state index contributed by atoms with van der Waals surface area (Å²) in [7, 11) is 0. The molecule has 0 fully saturated rings. The van der Waals surface area contributed by atoms with Crippen molar-refractivity contribution in [3.63, 3.8) is 0 Å². The first-order valence-electron chi connectivity index (χ1n) is 7.54. The first-order chi connectivity index (χ1) is 9.48. The molecule has 0 saturated carbocycles. The summed E-state index contributed by atoms with van der Waals surface area (Å²) in [6.07, 6.45) is 11.7. The lowest BCUT2D eigenvalue weighted by atomic mass is 9.71. The van der Waals surface area contributed by atoms with Gasteiger partial charge in [-0.25, -0.2) is 0 Å². The third-order valence-corrected chi connectivity index (χ3v) is 4.25. The molecule has 108 valence electrons. The van der Waals surface area contributed by atoms with Crippen molar-refractivity contribution < 1.29 is 5.11 Å². The van der Waals surface area contributed by atoms with Gasteiger partial charge >= 0.3 is 0 Å². The average molecular weight is 270 g/mol. The Kier molecular flexibility index (Phi) is 4.49. The standard InChI is InChI=1S/C19H26O/c1-18(2,3)16-8-10-17(11-9-16)19(14-7-15-20)12-5-4-6-13-19/h4-6,8-12,20H,7,13-15H2,1-3H3. The molecule has 0 aliphatic heterocycles. The fourth-order valence-corrected chi connectivity index (χ4v) is 2.91. The molecule has 1 aromatic carbocycles. The molecule has 0 saturated heterocycles. The first-order valence-corrected chi connectivity index (χ1v) is 7.54. The van der Waals surface area contributed by atoms with Crippen molar-refractivity contribution >= 4 is 0 Å². The predicted octanol–water partition coefficient (Wildman–Crippen LogP) is 4.51. The molecule has 0 spiro atoms. The van der Waals surface area contributed by atoms with Gasteiger partial charge in [-0.3, -0.25) is 0 Å². The second-order valence-electron chi connectivity index (χ2n) is 6.80. The molecule has 2 rings (SSSR count). The highest BCUT2D eigenvalue weighted by atomic mass is 16.2. The van der Waals surface area contributed by atoms with Crippen molar-refractivity contribution in [3.05, 3.63) is 59.7 Å². The second-order valence-corrected chi connectivity index (χ2v) is 6.80. The molecule has 1 unspecified atom stereocenters. The van der Waals surface area contributed by atoms with E-state index < -0.39 is 0 Å². The summed E-state index contributed by atoms with van der Waals surface area (Å²) >= 11 is 0. The zero-order valence-corrected chi connectivity index (χ0v) is 12.9. The summed E-state index contributed by atoms with van der Waals surface area (Å²) in [5, 5.41) is 9.17. The zero-order chi connectivity index (χ0) is 14.6. The summed E-state index contributed by atoms with van der Waals surface area (Å²) in [6.45, 7) is 6.99. The van der Waals surface area contributed by atoms with Crippen LogP contribution in [-0.4, -0.2) is 11.7 Å². The van der Waals surface area contributed by atoms with Gasteiger partial charge in [0.05, 0.1) is 0 Å². The normalized spacial score (nSPS) is 22.2. The molecule has 1 aliphatic carbocycles. The van der Waals surface area contributed by atoms with Crippen molar-refractivity contribution in [2.75, 3.05) is 6.61 Å². The van der Waals surface area contributed by atoms with Crippen LogP contribution in [0.3, 0.4) is 0 Å². The monoisotopic (exact) mass is 270 g/mol. The second kappa shape index (κ2) is 5.97. The van der Waals surface area contributed by atoms with Crippen LogP contribution in [0, 0.1) is 0 Å². The number of aliphatic hydroxyl groups is 1. The van der Waals surface area contributed by atoms with Crippen molar-refractivity contribution in [2.45, 2.75) is 50.9 Å². The van der Waals surface area contributed by atoms with Gasteiger partial charge in [-0.15, -0.1) is 0 Å². The average Bonchev–Trinajstić information content (AvgIpc) is 2.45. The maximum Gasteiger partial charge on any atom is 0.0431 e. The van der Waals surface area contributed by atoms with Crippen LogP contribution in [0.15, 0.2) is 48.6 Å². The van der Waals surface area contributed by atoms with Crippen LogP contribution in [0.2, 0.25) is 0 Å². The van der Waals surface area contributed by atoms with Gasteiger partial charge < -0.3 is 5.11 Å². The van der Waals surface area contributed by atoms with E-state index in [1.165, 1.54) is 11.1 Å². The number of hydrogen-bond acceptors (Lipinski definition) is 1. The van der Waals surface area contributed by atoms with Gasteiger partial charge in [0.15, 0.2) is 0 Å². The Balaban J connectivity index is 2.30. The molecule has 1 nitrogen and oxygen atoms in total. The lowest BCUT2D eigenvalue weighted by molar-refractivity contribution is 0.270. The highest BCUT2D eigenvalue weighted by molar-refractivity contribution is 5.38. The van der Waals surface area contributed by atoms with Crippen LogP contribution in [0.1, 0.15) is 51.2 Å². The van der Waals surface area contributed by atoms with E-state index in [2.05, 4.69) is 69.3 Å². The lowest BCUT2D eigenvalue weighted by Crippen LogP contribution is -2.25. The molecule has 1 heteroatoms. The Labute approximate surface area is 123 Å². The van der Waals surface area contributed by atoms with E-state index >= 15 is 0 Å². The Bertz CT molecular complexity index is 487. The Morgan fingerprint density at radius 1 is 1.10 bits per heavy atom. The molecular weight excluding hydrogens is 244 g/mol. The molecule has 0 radical (unpaired) electrons. The Morgan fingerprint density at radius 2 is 1.80 bits per heavy atom. The fraction of sp³-hybridized carbons (Fsp3) is 0.474. The highest BCUT2D eigenvalue weighted by Gasteiger charge is 2.29. The van der Waals surface area contributed by atoms with Gasteiger partial charge in [0.1, 0.15) is 0 Å². The number of rotatable bonds is 4.